The van der Waals surface area contributed by atoms with Gasteiger partial charge in [0.2, 0.25) is 0 Å². The lowest BCUT2D eigenvalue weighted by molar-refractivity contribution is -0.0817. The minimum atomic E-state index is 0. The number of benzene rings is 1. The normalized spacial score (nSPS) is 23.5. The van der Waals surface area contributed by atoms with Gasteiger partial charge in [0.05, 0.1) is 19.3 Å². The Morgan fingerprint density at radius 2 is 2.15 bits per heavy atom. The second-order valence-corrected chi connectivity index (χ2v) is 6.55. The zero-order valence-electron chi connectivity index (χ0n) is 15.6. The maximum atomic E-state index is 5.91. The molecule has 2 fully saturated rings. The maximum Gasteiger partial charge on any atom is 0.193 e. The van der Waals surface area contributed by atoms with Crippen LogP contribution in [0.1, 0.15) is 18.4 Å². The topological polar surface area (TPSA) is 55.3 Å². The van der Waals surface area contributed by atoms with E-state index in [4.69, 9.17) is 14.2 Å². The van der Waals surface area contributed by atoms with E-state index in [9.17, 15) is 0 Å². The molecule has 1 aromatic rings. The average Bonchev–Trinajstić information content (AvgIpc) is 3.17. The first-order valence-electron chi connectivity index (χ1n) is 9.14. The van der Waals surface area contributed by atoms with Gasteiger partial charge in [0.15, 0.2) is 5.96 Å². The number of halogens is 1. The number of hydrogen-bond donors (Lipinski definition) is 1. The highest BCUT2D eigenvalue weighted by molar-refractivity contribution is 14.0. The first kappa shape index (κ1) is 21.2. The summed E-state index contributed by atoms with van der Waals surface area (Å²) in [6, 6.07) is 8.10. The molecule has 26 heavy (non-hydrogen) atoms. The van der Waals surface area contributed by atoms with Crippen molar-refractivity contribution in [2.75, 3.05) is 46.5 Å². The minimum absolute atomic E-state index is 0. The van der Waals surface area contributed by atoms with Crippen molar-refractivity contribution in [1.29, 1.82) is 0 Å². The van der Waals surface area contributed by atoms with Gasteiger partial charge in [-0.1, -0.05) is 12.1 Å². The first-order chi connectivity index (χ1) is 12.3. The molecule has 2 aliphatic rings. The molecule has 0 bridgehead atoms. The molecule has 2 heterocycles. The standard InChI is InChI=1S/C19H29N3O3.HI/c1-15-5-3-6-16(13-15)23-11-8-21-19(20-2)22-9-12-25-18(14-22)17-7-4-10-24-17;/h3,5-6,13,17-18H,4,7-12,14H2,1-2H3,(H,20,21);1H. The molecule has 1 aromatic carbocycles. The molecule has 0 amide bonds. The van der Waals surface area contributed by atoms with E-state index in [1.54, 1.807) is 0 Å². The van der Waals surface area contributed by atoms with E-state index >= 15 is 0 Å². The highest BCUT2D eigenvalue weighted by Crippen LogP contribution is 2.21. The Balaban J connectivity index is 0.00000243. The monoisotopic (exact) mass is 475 g/mol. The van der Waals surface area contributed by atoms with Crippen LogP contribution in [0.15, 0.2) is 29.3 Å². The quantitative estimate of drug-likeness (QED) is 0.307. The summed E-state index contributed by atoms with van der Waals surface area (Å²) in [5, 5.41) is 3.39. The van der Waals surface area contributed by atoms with Crippen molar-refractivity contribution in [2.24, 2.45) is 4.99 Å². The maximum absolute atomic E-state index is 5.91. The van der Waals surface area contributed by atoms with Gasteiger partial charge in [-0.2, -0.15) is 0 Å². The van der Waals surface area contributed by atoms with Crippen LogP contribution in [0.3, 0.4) is 0 Å². The summed E-state index contributed by atoms with van der Waals surface area (Å²) in [4.78, 5) is 6.66. The van der Waals surface area contributed by atoms with Gasteiger partial charge in [0.1, 0.15) is 18.5 Å². The number of rotatable bonds is 5. The largest absolute Gasteiger partial charge is 0.492 e. The molecule has 2 saturated heterocycles. The predicted octanol–water partition coefficient (Wildman–Crippen LogP) is 2.45. The molecule has 0 saturated carbocycles. The molecule has 2 atom stereocenters. The summed E-state index contributed by atoms with van der Waals surface area (Å²) in [5.41, 5.74) is 1.20. The Hall–Kier alpha value is -1.06. The molecule has 0 radical (unpaired) electrons. The summed E-state index contributed by atoms with van der Waals surface area (Å²) >= 11 is 0. The van der Waals surface area contributed by atoms with Crippen molar-refractivity contribution in [3.05, 3.63) is 29.8 Å². The Morgan fingerprint density at radius 3 is 2.88 bits per heavy atom. The molecule has 1 N–H and O–H groups in total. The molecule has 0 spiro atoms. The fraction of sp³-hybridized carbons (Fsp3) is 0.632. The van der Waals surface area contributed by atoms with Crippen LogP contribution in [0.25, 0.3) is 0 Å². The van der Waals surface area contributed by atoms with Crippen molar-refractivity contribution in [1.82, 2.24) is 10.2 Å². The van der Waals surface area contributed by atoms with E-state index in [-0.39, 0.29) is 36.2 Å². The SMILES string of the molecule is CN=C(NCCOc1cccc(C)c1)N1CCOC(C2CCCO2)C1.I. The van der Waals surface area contributed by atoms with Gasteiger partial charge in [0.25, 0.3) is 0 Å². The molecule has 0 aliphatic carbocycles. The average molecular weight is 475 g/mol. The van der Waals surface area contributed by atoms with E-state index in [0.29, 0.717) is 19.8 Å². The van der Waals surface area contributed by atoms with Crippen LogP contribution in [-0.4, -0.2) is 69.6 Å². The molecule has 3 rings (SSSR count). The summed E-state index contributed by atoms with van der Waals surface area (Å²) < 4.78 is 17.5. The molecule has 6 nitrogen and oxygen atoms in total. The van der Waals surface area contributed by atoms with Gasteiger partial charge in [-0.15, -0.1) is 24.0 Å². The zero-order chi connectivity index (χ0) is 17.5. The number of nitrogens with zero attached hydrogens (tertiary/aromatic N) is 2. The lowest BCUT2D eigenvalue weighted by Gasteiger charge is -2.37. The van der Waals surface area contributed by atoms with E-state index in [0.717, 1.165) is 44.2 Å². The van der Waals surface area contributed by atoms with E-state index in [2.05, 4.69) is 28.2 Å². The van der Waals surface area contributed by atoms with Crippen LogP contribution < -0.4 is 10.1 Å². The van der Waals surface area contributed by atoms with Gasteiger partial charge < -0.3 is 24.4 Å². The zero-order valence-corrected chi connectivity index (χ0v) is 18.0. The fourth-order valence-corrected chi connectivity index (χ4v) is 3.36. The van der Waals surface area contributed by atoms with Crippen LogP contribution in [0.5, 0.6) is 5.75 Å². The third-order valence-electron chi connectivity index (χ3n) is 4.63. The third kappa shape index (κ3) is 5.99. The van der Waals surface area contributed by atoms with Crippen molar-refractivity contribution < 1.29 is 14.2 Å². The van der Waals surface area contributed by atoms with E-state index in [1.807, 2.05) is 25.2 Å². The number of aliphatic imine (C=N–C) groups is 1. The Bertz CT molecular complexity index is 579. The minimum Gasteiger partial charge on any atom is -0.492 e. The van der Waals surface area contributed by atoms with E-state index < -0.39 is 0 Å². The van der Waals surface area contributed by atoms with Crippen LogP contribution in [0.2, 0.25) is 0 Å². The van der Waals surface area contributed by atoms with Gasteiger partial charge in [0, 0.05) is 26.7 Å². The van der Waals surface area contributed by atoms with Crippen molar-refractivity contribution >= 4 is 29.9 Å². The number of aryl methyl sites for hydroxylation is 1. The molecule has 146 valence electrons. The number of guanidine groups is 1. The predicted molar refractivity (Wildman–Crippen MR) is 114 cm³/mol. The lowest BCUT2D eigenvalue weighted by atomic mass is 10.1. The molecule has 2 aliphatic heterocycles. The molecular formula is C19H30IN3O3. The summed E-state index contributed by atoms with van der Waals surface area (Å²) in [5.74, 6) is 1.81. The molecule has 2 unspecified atom stereocenters. The van der Waals surface area contributed by atoms with Crippen molar-refractivity contribution in [3.8, 4) is 5.75 Å². The second-order valence-electron chi connectivity index (χ2n) is 6.55. The number of nitrogens with one attached hydrogen (secondary N) is 1. The summed E-state index contributed by atoms with van der Waals surface area (Å²) in [6.45, 7) is 6.62. The number of ether oxygens (including phenoxy) is 3. The first-order valence-corrected chi connectivity index (χ1v) is 9.14. The molecule has 7 heteroatoms. The van der Waals surface area contributed by atoms with Crippen molar-refractivity contribution in [3.63, 3.8) is 0 Å². The number of hydrogen-bond acceptors (Lipinski definition) is 4. The fourth-order valence-electron chi connectivity index (χ4n) is 3.36. The second kappa shape index (κ2) is 10.9. The Morgan fingerprint density at radius 1 is 1.31 bits per heavy atom. The van der Waals surface area contributed by atoms with Gasteiger partial charge in [-0.25, -0.2) is 0 Å². The van der Waals surface area contributed by atoms with Crippen LogP contribution >= 0.6 is 24.0 Å². The van der Waals surface area contributed by atoms with Gasteiger partial charge in [-0.3, -0.25) is 4.99 Å². The Kier molecular flexibility index (Phi) is 8.94. The van der Waals surface area contributed by atoms with Crippen LogP contribution in [-0.2, 0) is 9.47 Å². The van der Waals surface area contributed by atoms with Gasteiger partial charge >= 0.3 is 0 Å². The van der Waals surface area contributed by atoms with Crippen LogP contribution in [0.4, 0.5) is 0 Å². The Labute approximate surface area is 173 Å². The van der Waals surface area contributed by atoms with Gasteiger partial charge in [-0.05, 0) is 37.5 Å². The molecular weight excluding hydrogens is 445 g/mol. The third-order valence-corrected chi connectivity index (χ3v) is 4.63. The molecule has 0 aromatic heterocycles. The summed E-state index contributed by atoms with van der Waals surface area (Å²) in [6.07, 6.45) is 2.59. The van der Waals surface area contributed by atoms with Crippen molar-refractivity contribution in [2.45, 2.75) is 32.0 Å². The smallest absolute Gasteiger partial charge is 0.193 e. The lowest BCUT2D eigenvalue weighted by Crippen LogP contribution is -2.53. The van der Waals surface area contributed by atoms with E-state index in [1.165, 1.54) is 5.56 Å². The number of morpholine rings is 1. The van der Waals surface area contributed by atoms with Crippen LogP contribution in [0, 0.1) is 6.92 Å². The highest BCUT2D eigenvalue weighted by Gasteiger charge is 2.32. The summed E-state index contributed by atoms with van der Waals surface area (Å²) in [7, 11) is 1.82. The highest BCUT2D eigenvalue weighted by atomic mass is 127.